The lowest BCUT2D eigenvalue weighted by atomic mass is 9.92. The summed E-state index contributed by atoms with van der Waals surface area (Å²) in [7, 11) is 0. The Kier molecular flexibility index (Phi) is 4.87. The van der Waals surface area contributed by atoms with Gasteiger partial charge in [0.05, 0.1) is 0 Å². The molecule has 1 aliphatic carbocycles. The molecule has 0 bridgehead atoms. The van der Waals surface area contributed by atoms with Crippen LogP contribution < -0.4 is 5.32 Å². The van der Waals surface area contributed by atoms with Gasteiger partial charge in [0, 0.05) is 25.2 Å². The molecule has 1 aliphatic heterocycles. The van der Waals surface area contributed by atoms with E-state index in [1.54, 1.807) is 0 Å². The molecule has 0 spiro atoms. The Morgan fingerprint density at radius 2 is 2.00 bits per heavy atom. The van der Waals surface area contributed by atoms with E-state index < -0.39 is 0 Å². The third-order valence-electron chi connectivity index (χ3n) is 4.56. The molecule has 17 heavy (non-hydrogen) atoms. The van der Waals surface area contributed by atoms with Gasteiger partial charge in [-0.05, 0) is 44.1 Å². The highest BCUT2D eigenvalue weighted by Crippen LogP contribution is 2.24. The van der Waals surface area contributed by atoms with Gasteiger partial charge in [-0.25, -0.2) is 0 Å². The van der Waals surface area contributed by atoms with Crippen LogP contribution >= 0.6 is 0 Å². The minimum Gasteiger partial charge on any atom is -0.312 e. The fraction of sp³-hybridized carbons (Fsp3) is 1.00. The molecule has 2 unspecified atom stereocenters. The molecule has 0 aromatic heterocycles. The predicted octanol–water partition coefficient (Wildman–Crippen LogP) is 2.89. The van der Waals surface area contributed by atoms with Crippen LogP contribution in [0.15, 0.2) is 0 Å². The maximum Gasteiger partial charge on any atom is 0.0243 e. The second kappa shape index (κ2) is 6.19. The van der Waals surface area contributed by atoms with E-state index in [0.29, 0.717) is 0 Å². The van der Waals surface area contributed by atoms with Crippen molar-refractivity contribution in [3.8, 4) is 0 Å². The van der Waals surface area contributed by atoms with Crippen molar-refractivity contribution in [2.45, 2.75) is 65.0 Å². The predicted molar refractivity (Wildman–Crippen MR) is 74.2 cm³/mol. The fourth-order valence-electron chi connectivity index (χ4n) is 3.09. The number of likely N-dealkylation sites (tertiary alicyclic amines) is 1. The molecule has 2 nitrogen and oxygen atoms in total. The van der Waals surface area contributed by atoms with Crippen LogP contribution in [0.2, 0.25) is 0 Å². The Labute approximate surface area is 107 Å². The molecule has 2 atom stereocenters. The van der Waals surface area contributed by atoms with Crippen LogP contribution in [-0.2, 0) is 0 Å². The van der Waals surface area contributed by atoms with Crippen LogP contribution in [-0.4, -0.2) is 36.6 Å². The summed E-state index contributed by atoms with van der Waals surface area (Å²) >= 11 is 0. The van der Waals surface area contributed by atoms with Crippen molar-refractivity contribution in [1.29, 1.82) is 0 Å². The first-order chi connectivity index (χ1) is 8.20. The average Bonchev–Trinajstić information content (AvgIpc) is 3.13. The summed E-state index contributed by atoms with van der Waals surface area (Å²) in [6.07, 6.45) is 7.03. The summed E-state index contributed by atoms with van der Waals surface area (Å²) in [5, 5.41) is 3.73. The number of nitrogens with zero attached hydrogens (tertiary/aromatic N) is 1. The molecule has 1 heterocycles. The van der Waals surface area contributed by atoms with Crippen LogP contribution in [0.25, 0.3) is 0 Å². The van der Waals surface area contributed by atoms with Crippen molar-refractivity contribution in [3.63, 3.8) is 0 Å². The Hall–Kier alpha value is -0.0800. The monoisotopic (exact) mass is 238 g/mol. The third kappa shape index (κ3) is 3.96. The summed E-state index contributed by atoms with van der Waals surface area (Å²) in [6, 6.07) is 1.60. The first-order valence-electron chi connectivity index (χ1n) is 7.68. The number of piperidine rings is 1. The van der Waals surface area contributed by atoms with Crippen molar-refractivity contribution in [3.05, 3.63) is 0 Å². The average molecular weight is 238 g/mol. The number of hydrogen-bond donors (Lipinski definition) is 1. The zero-order valence-corrected chi connectivity index (χ0v) is 11.9. The van der Waals surface area contributed by atoms with Crippen molar-refractivity contribution >= 4 is 0 Å². The van der Waals surface area contributed by atoms with E-state index in [-0.39, 0.29) is 0 Å². The zero-order valence-electron chi connectivity index (χ0n) is 11.9. The molecule has 1 saturated carbocycles. The molecule has 2 heteroatoms. The van der Waals surface area contributed by atoms with Crippen LogP contribution in [0.4, 0.5) is 0 Å². The smallest absolute Gasteiger partial charge is 0.0243 e. The van der Waals surface area contributed by atoms with Gasteiger partial charge in [-0.2, -0.15) is 0 Å². The Bertz CT molecular complexity index is 223. The minimum absolute atomic E-state index is 0.755. The number of nitrogens with one attached hydrogen (secondary N) is 1. The quantitative estimate of drug-likeness (QED) is 0.765. The summed E-state index contributed by atoms with van der Waals surface area (Å²) < 4.78 is 0. The molecule has 1 N–H and O–H groups in total. The highest BCUT2D eigenvalue weighted by molar-refractivity contribution is 4.87. The van der Waals surface area contributed by atoms with Crippen LogP contribution in [0, 0.1) is 11.8 Å². The minimum atomic E-state index is 0.755. The molecule has 2 fully saturated rings. The van der Waals surface area contributed by atoms with Crippen LogP contribution in [0.1, 0.15) is 52.9 Å². The van der Waals surface area contributed by atoms with Crippen molar-refractivity contribution in [1.82, 2.24) is 10.2 Å². The lowest BCUT2D eigenvalue weighted by molar-refractivity contribution is 0.0929. The Morgan fingerprint density at radius 1 is 1.24 bits per heavy atom. The third-order valence-corrected chi connectivity index (χ3v) is 4.56. The molecule has 0 aromatic rings. The zero-order chi connectivity index (χ0) is 12.3. The second-order valence-corrected chi connectivity index (χ2v) is 6.41. The van der Waals surface area contributed by atoms with Gasteiger partial charge in [-0.1, -0.05) is 27.2 Å². The molecule has 0 radical (unpaired) electrons. The SMILES string of the molecule is CCC1CCCN(C(CNC2CC2)C(C)C)C1. The first-order valence-corrected chi connectivity index (χ1v) is 7.68. The molecule has 0 amide bonds. The van der Waals surface area contributed by atoms with Crippen molar-refractivity contribution in [2.75, 3.05) is 19.6 Å². The molecule has 0 aromatic carbocycles. The lowest BCUT2D eigenvalue weighted by Crippen LogP contribution is -2.50. The fourth-order valence-corrected chi connectivity index (χ4v) is 3.09. The highest BCUT2D eigenvalue weighted by Gasteiger charge is 2.29. The Morgan fingerprint density at radius 3 is 2.59 bits per heavy atom. The van der Waals surface area contributed by atoms with Gasteiger partial charge in [0.2, 0.25) is 0 Å². The highest BCUT2D eigenvalue weighted by atomic mass is 15.2. The van der Waals surface area contributed by atoms with Gasteiger partial charge in [-0.15, -0.1) is 0 Å². The van der Waals surface area contributed by atoms with Gasteiger partial charge < -0.3 is 5.32 Å². The van der Waals surface area contributed by atoms with E-state index in [9.17, 15) is 0 Å². The summed E-state index contributed by atoms with van der Waals surface area (Å²) in [4.78, 5) is 2.76. The van der Waals surface area contributed by atoms with E-state index >= 15 is 0 Å². The summed E-state index contributed by atoms with van der Waals surface area (Å²) in [6.45, 7) is 11.0. The van der Waals surface area contributed by atoms with Gasteiger partial charge in [-0.3, -0.25) is 4.90 Å². The number of hydrogen-bond acceptors (Lipinski definition) is 2. The summed E-state index contributed by atoms with van der Waals surface area (Å²) in [5.74, 6) is 1.72. The maximum absolute atomic E-state index is 3.73. The van der Waals surface area contributed by atoms with E-state index in [1.807, 2.05) is 0 Å². The van der Waals surface area contributed by atoms with Crippen LogP contribution in [0.3, 0.4) is 0 Å². The van der Waals surface area contributed by atoms with E-state index in [1.165, 1.54) is 51.7 Å². The van der Waals surface area contributed by atoms with E-state index in [0.717, 1.165) is 23.9 Å². The molecule has 2 aliphatic rings. The molecule has 1 saturated heterocycles. The molecular formula is C15H30N2. The van der Waals surface area contributed by atoms with Crippen molar-refractivity contribution in [2.24, 2.45) is 11.8 Å². The van der Waals surface area contributed by atoms with Gasteiger partial charge in [0.1, 0.15) is 0 Å². The largest absolute Gasteiger partial charge is 0.312 e. The lowest BCUT2D eigenvalue weighted by Gasteiger charge is -2.40. The van der Waals surface area contributed by atoms with Gasteiger partial charge >= 0.3 is 0 Å². The van der Waals surface area contributed by atoms with E-state index in [2.05, 4.69) is 31.0 Å². The van der Waals surface area contributed by atoms with Gasteiger partial charge in [0.15, 0.2) is 0 Å². The van der Waals surface area contributed by atoms with Gasteiger partial charge in [0.25, 0.3) is 0 Å². The van der Waals surface area contributed by atoms with Crippen molar-refractivity contribution < 1.29 is 0 Å². The molecular weight excluding hydrogens is 208 g/mol. The normalized spacial score (nSPS) is 28.6. The molecule has 2 rings (SSSR count). The number of rotatable bonds is 6. The second-order valence-electron chi connectivity index (χ2n) is 6.41. The Balaban J connectivity index is 1.84. The molecule has 100 valence electrons. The standard InChI is InChI=1S/C15H30N2/c1-4-13-6-5-9-17(11-13)15(12(2)3)10-16-14-7-8-14/h12-16H,4-11H2,1-3H3. The van der Waals surface area contributed by atoms with E-state index in [4.69, 9.17) is 0 Å². The topological polar surface area (TPSA) is 15.3 Å². The summed E-state index contributed by atoms with van der Waals surface area (Å²) in [5.41, 5.74) is 0. The first kappa shape index (κ1) is 13.4. The van der Waals surface area contributed by atoms with Crippen LogP contribution in [0.5, 0.6) is 0 Å². The maximum atomic E-state index is 3.73.